The third-order valence-electron chi connectivity index (χ3n) is 1.75. The van der Waals surface area contributed by atoms with Crippen molar-refractivity contribution in [2.24, 2.45) is 0 Å². The van der Waals surface area contributed by atoms with E-state index in [-0.39, 0.29) is 6.61 Å². The average Bonchev–Trinajstić information content (AvgIpc) is 2.26. The van der Waals surface area contributed by atoms with Crippen LogP contribution in [0.3, 0.4) is 0 Å². The molecular weight excluding hydrogens is 204 g/mol. The van der Waals surface area contributed by atoms with Crippen molar-refractivity contribution in [3.8, 4) is 5.75 Å². The van der Waals surface area contributed by atoms with Gasteiger partial charge in [0.25, 0.3) is 0 Å². The highest BCUT2D eigenvalue weighted by atomic mass is 19.3. The molecule has 0 saturated heterocycles. The van der Waals surface area contributed by atoms with E-state index in [2.05, 4.69) is 4.74 Å². The molecule has 15 heavy (non-hydrogen) atoms. The van der Waals surface area contributed by atoms with Gasteiger partial charge in [0.05, 0.1) is 7.11 Å². The Labute approximate surface area is 86.1 Å². The van der Waals surface area contributed by atoms with Crippen molar-refractivity contribution in [2.45, 2.75) is 13.0 Å². The lowest BCUT2D eigenvalue weighted by Gasteiger charge is -2.06. The zero-order valence-corrected chi connectivity index (χ0v) is 8.17. The fourth-order valence-electron chi connectivity index (χ4n) is 0.946. The van der Waals surface area contributed by atoms with Gasteiger partial charge in [-0.25, -0.2) is 0 Å². The van der Waals surface area contributed by atoms with Gasteiger partial charge < -0.3 is 9.47 Å². The molecule has 0 heterocycles. The van der Waals surface area contributed by atoms with Crippen molar-refractivity contribution < 1.29 is 18.3 Å². The van der Waals surface area contributed by atoms with Crippen LogP contribution in [0.25, 0.3) is 0 Å². The van der Waals surface area contributed by atoms with E-state index in [9.17, 15) is 8.78 Å². The molecule has 0 spiro atoms. The molecule has 0 fully saturated rings. The smallest absolute Gasteiger partial charge is 0.312 e. The Kier molecular flexibility index (Phi) is 4.03. The van der Waals surface area contributed by atoms with Crippen LogP contribution in [0.2, 0.25) is 0 Å². The molecule has 0 bridgehead atoms. The number of ether oxygens (including phenoxy) is 2. The summed E-state index contributed by atoms with van der Waals surface area (Å²) in [5.74, 6) is -0.325. The SMILES string of the molecule is COc1ccc(COC(=N)C(F)F)cc1. The molecule has 82 valence electrons. The van der Waals surface area contributed by atoms with Gasteiger partial charge in [-0.15, -0.1) is 0 Å². The van der Waals surface area contributed by atoms with Gasteiger partial charge in [-0.3, -0.25) is 5.41 Å². The molecule has 0 aromatic heterocycles. The first-order valence-electron chi connectivity index (χ1n) is 4.26. The highest BCUT2D eigenvalue weighted by molar-refractivity contribution is 5.75. The second kappa shape index (κ2) is 5.29. The predicted molar refractivity (Wildman–Crippen MR) is 51.5 cm³/mol. The molecule has 5 heteroatoms. The second-order valence-corrected chi connectivity index (χ2v) is 2.80. The minimum absolute atomic E-state index is 0.0346. The molecule has 0 amide bonds. The number of rotatable bonds is 4. The van der Waals surface area contributed by atoms with E-state index in [1.165, 1.54) is 7.11 Å². The molecule has 0 aliphatic rings. The minimum Gasteiger partial charge on any atom is -0.497 e. The quantitative estimate of drug-likeness (QED) is 0.619. The van der Waals surface area contributed by atoms with Gasteiger partial charge >= 0.3 is 6.43 Å². The van der Waals surface area contributed by atoms with E-state index in [1.807, 2.05) is 0 Å². The highest BCUT2D eigenvalue weighted by Crippen LogP contribution is 2.12. The fraction of sp³-hybridized carbons (Fsp3) is 0.300. The maximum absolute atomic E-state index is 11.9. The van der Waals surface area contributed by atoms with Gasteiger partial charge in [-0.1, -0.05) is 12.1 Å². The maximum atomic E-state index is 11.9. The lowest BCUT2D eigenvalue weighted by Crippen LogP contribution is -2.12. The van der Waals surface area contributed by atoms with Crippen LogP contribution in [0.4, 0.5) is 8.78 Å². The zero-order valence-electron chi connectivity index (χ0n) is 8.17. The van der Waals surface area contributed by atoms with Crippen LogP contribution in [-0.2, 0) is 11.3 Å². The van der Waals surface area contributed by atoms with Crippen LogP contribution in [0.5, 0.6) is 5.75 Å². The summed E-state index contributed by atoms with van der Waals surface area (Å²) in [5, 5.41) is 6.77. The van der Waals surface area contributed by atoms with E-state index < -0.39 is 12.3 Å². The lowest BCUT2D eigenvalue weighted by atomic mass is 10.2. The van der Waals surface area contributed by atoms with E-state index in [4.69, 9.17) is 10.1 Å². The Hall–Kier alpha value is -1.65. The largest absolute Gasteiger partial charge is 0.497 e. The minimum atomic E-state index is -2.86. The van der Waals surface area contributed by atoms with Crippen molar-refractivity contribution >= 4 is 5.90 Å². The van der Waals surface area contributed by atoms with E-state index >= 15 is 0 Å². The second-order valence-electron chi connectivity index (χ2n) is 2.80. The first-order valence-corrected chi connectivity index (χ1v) is 4.26. The predicted octanol–water partition coefficient (Wildman–Crippen LogP) is 2.45. The summed E-state index contributed by atoms with van der Waals surface area (Å²) >= 11 is 0. The summed E-state index contributed by atoms with van der Waals surface area (Å²) in [6.45, 7) is -0.0346. The number of benzene rings is 1. The molecule has 0 aliphatic carbocycles. The van der Waals surface area contributed by atoms with Crippen molar-refractivity contribution in [3.63, 3.8) is 0 Å². The number of hydrogen-bond donors (Lipinski definition) is 1. The third-order valence-corrected chi connectivity index (χ3v) is 1.75. The normalized spacial score (nSPS) is 10.1. The molecule has 1 aromatic rings. The Morgan fingerprint density at radius 1 is 1.33 bits per heavy atom. The molecule has 0 saturated carbocycles. The van der Waals surface area contributed by atoms with Gasteiger partial charge in [0.2, 0.25) is 5.90 Å². The average molecular weight is 215 g/mol. The molecule has 3 nitrogen and oxygen atoms in total. The van der Waals surface area contributed by atoms with Crippen molar-refractivity contribution in [2.75, 3.05) is 7.11 Å². The Bertz CT molecular complexity index is 325. The zero-order chi connectivity index (χ0) is 11.3. The molecule has 0 atom stereocenters. The number of halogens is 2. The Balaban J connectivity index is 2.47. The first kappa shape index (κ1) is 11.4. The first-order chi connectivity index (χ1) is 7.13. The van der Waals surface area contributed by atoms with Gasteiger partial charge in [0, 0.05) is 0 Å². The monoisotopic (exact) mass is 215 g/mol. The summed E-state index contributed by atoms with van der Waals surface area (Å²) in [6, 6.07) is 6.78. The summed E-state index contributed by atoms with van der Waals surface area (Å²) in [4.78, 5) is 0. The van der Waals surface area contributed by atoms with Gasteiger partial charge in [-0.05, 0) is 17.7 Å². The number of hydrogen-bond acceptors (Lipinski definition) is 3. The van der Waals surface area contributed by atoms with Crippen LogP contribution in [0.1, 0.15) is 5.56 Å². The number of alkyl halides is 2. The van der Waals surface area contributed by atoms with E-state index in [1.54, 1.807) is 24.3 Å². The van der Waals surface area contributed by atoms with E-state index in [0.29, 0.717) is 11.3 Å². The summed E-state index contributed by atoms with van der Waals surface area (Å²) in [6.07, 6.45) is -2.86. The maximum Gasteiger partial charge on any atom is 0.312 e. The molecule has 0 unspecified atom stereocenters. The third kappa shape index (κ3) is 3.53. The lowest BCUT2D eigenvalue weighted by molar-refractivity contribution is 0.160. The standard InChI is InChI=1S/C10H11F2NO2/c1-14-8-4-2-7(3-5-8)6-15-10(13)9(11)12/h2-5,9,13H,6H2,1H3. The molecule has 1 aromatic carbocycles. The molecule has 1 rings (SSSR count). The molecule has 0 radical (unpaired) electrons. The number of nitrogens with one attached hydrogen (secondary N) is 1. The topological polar surface area (TPSA) is 42.3 Å². The van der Waals surface area contributed by atoms with Crippen LogP contribution < -0.4 is 4.74 Å². The van der Waals surface area contributed by atoms with Crippen LogP contribution in [-0.4, -0.2) is 19.4 Å². The molecular formula is C10H11F2NO2. The van der Waals surface area contributed by atoms with Gasteiger partial charge in [-0.2, -0.15) is 8.78 Å². The summed E-state index contributed by atoms with van der Waals surface area (Å²) in [7, 11) is 1.54. The van der Waals surface area contributed by atoms with Crippen molar-refractivity contribution in [1.29, 1.82) is 5.41 Å². The van der Waals surface area contributed by atoms with Gasteiger partial charge in [0.1, 0.15) is 12.4 Å². The van der Waals surface area contributed by atoms with Crippen LogP contribution in [0.15, 0.2) is 24.3 Å². The van der Waals surface area contributed by atoms with E-state index in [0.717, 1.165) is 0 Å². The Morgan fingerprint density at radius 2 is 1.93 bits per heavy atom. The molecule has 1 N–H and O–H groups in total. The molecule has 0 aliphatic heterocycles. The van der Waals surface area contributed by atoms with Crippen molar-refractivity contribution in [3.05, 3.63) is 29.8 Å². The van der Waals surface area contributed by atoms with Crippen molar-refractivity contribution in [1.82, 2.24) is 0 Å². The Morgan fingerprint density at radius 3 is 2.40 bits per heavy atom. The summed E-state index contributed by atoms with van der Waals surface area (Å²) in [5.41, 5.74) is 0.709. The highest BCUT2D eigenvalue weighted by Gasteiger charge is 2.11. The van der Waals surface area contributed by atoms with Crippen LogP contribution in [0, 0.1) is 5.41 Å². The van der Waals surface area contributed by atoms with Crippen LogP contribution >= 0.6 is 0 Å². The number of methoxy groups -OCH3 is 1. The fourth-order valence-corrected chi connectivity index (χ4v) is 0.946. The summed E-state index contributed by atoms with van der Waals surface area (Å²) < 4.78 is 33.2. The van der Waals surface area contributed by atoms with Gasteiger partial charge in [0.15, 0.2) is 0 Å².